The third-order valence-corrected chi connectivity index (χ3v) is 4.02. The van der Waals surface area contributed by atoms with Crippen LogP contribution in [0.5, 0.6) is 0 Å². The minimum absolute atomic E-state index is 0.191. The minimum Gasteiger partial charge on any atom is -0.478 e. The molecule has 0 aliphatic heterocycles. The second-order valence-corrected chi connectivity index (χ2v) is 5.61. The highest BCUT2D eigenvalue weighted by atomic mass is 35.5. The Hall–Kier alpha value is -1.77. The van der Waals surface area contributed by atoms with Crippen molar-refractivity contribution in [3.05, 3.63) is 68.7 Å². The Kier molecular flexibility index (Phi) is 4.71. The average Bonchev–Trinajstić information content (AvgIpc) is 2.41. The molecular weight excluding hydrogens is 307 g/mol. The lowest BCUT2D eigenvalue weighted by atomic mass is 9.97. The highest BCUT2D eigenvalue weighted by Gasteiger charge is 2.14. The van der Waals surface area contributed by atoms with Crippen molar-refractivity contribution >= 4 is 40.8 Å². The number of aryl methyl sites for hydroxylation is 2. The minimum atomic E-state index is -1.00. The van der Waals surface area contributed by atoms with E-state index in [9.17, 15) is 9.90 Å². The molecule has 0 aliphatic carbocycles. The van der Waals surface area contributed by atoms with Crippen LogP contribution in [-0.2, 0) is 4.79 Å². The second-order valence-electron chi connectivity index (χ2n) is 4.82. The number of rotatable bonds is 3. The van der Waals surface area contributed by atoms with Crippen molar-refractivity contribution in [1.29, 1.82) is 0 Å². The van der Waals surface area contributed by atoms with Crippen LogP contribution in [0.3, 0.4) is 0 Å². The second kappa shape index (κ2) is 6.33. The monoisotopic (exact) mass is 320 g/mol. The van der Waals surface area contributed by atoms with Crippen LogP contribution in [0.1, 0.15) is 22.3 Å². The van der Waals surface area contributed by atoms with Crippen molar-refractivity contribution in [1.82, 2.24) is 0 Å². The van der Waals surface area contributed by atoms with Gasteiger partial charge in [-0.1, -0.05) is 59.1 Å². The fraction of sp³-hybridized carbons (Fsp3) is 0.118. The van der Waals surface area contributed by atoms with Gasteiger partial charge in [0.2, 0.25) is 0 Å². The Labute approximate surface area is 133 Å². The summed E-state index contributed by atoms with van der Waals surface area (Å²) < 4.78 is 0. The van der Waals surface area contributed by atoms with Gasteiger partial charge in [0.1, 0.15) is 0 Å². The first kappa shape index (κ1) is 15.6. The van der Waals surface area contributed by atoms with Crippen LogP contribution >= 0.6 is 23.2 Å². The molecule has 2 aromatic carbocycles. The molecule has 1 N–H and O–H groups in total. The zero-order chi connectivity index (χ0) is 15.6. The summed E-state index contributed by atoms with van der Waals surface area (Å²) >= 11 is 12.1. The van der Waals surface area contributed by atoms with Crippen molar-refractivity contribution in [3.8, 4) is 0 Å². The summed E-state index contributed by atoms with van der Waals surface area (Å²) in [6, 6.07) is 10.8. The van der Waals surface area contributed by atoms with Gasteiger partial charge in [0.15, 0.2) is 0 Å². The van der Waals surface area contributed by atoms with Crippen molar-refractivity contribution in [2.75, 3.05) is 0 Å². The number of hydrogen-bond donors (Lipinski definition) is 1. The molecule has 0 spiro atoms. The average molecular weight is 321 g/mol. The number of carbonyl (C=O) groups is 1. The molecule has 108 valence electrons. The first-order valence-corrected chi connectivity index (χ1v) is 7.12. The number of aliphatic carboxylic acids is 1. The fourth-order valence-electron chi connectivity index (χ4n) is 2.16. The number of carboxylic acids is 1. The molecule has 2 rings (SSSR count). The molecule has 2 aromatic rings. The van der Waals surface area contributed by atoms with E-state index in [-0.39, 0.29) is 5.57 Å². The Balaban J connectivity index is 2.61. The lowest BCUT2D eigenvalue weighted by molar-refractivity contribution is -0.130. The summed E-state index contributed by atoms with van der Waals surface area (Å²) in [5, 5.41) is 10.2. The molecule has 21 heavy (non-hydrogen) atoms. The molecule has 0 fully saturated rings. The van der Waals surface area contributed by atoms with Crippen LogP contribution in [-0.4, -0.2) is 11.1 Å². The Morgan fingerprint density at radius 3 is 2.48 bits per heavy atom. The molecule has 0 saturated heterocycles. The third kappa shape index (κ3) is 3.46. The standard InChI is InChI=1S/C17H14Cl2O2/c1-10-6-7-13(11(2)8-10)14(17(20)21)9-12-4-3-5-15(18)16(12)19/h3-9H,1-2H3,(H,20,21)/b14-9-. The van der Waals surface area contributed by atoms with Gasteiger partial charge in [-0.15, -0.1) is 0 Å². The maximum atomic E-state index is 11.6. The van der Waals surface area contributed by atoms with Gasteiger partial charge in [0.05, 0.1) is 15.6 Å². The maximum Gasteiger partial charge on any atom is 0.336 e. The van der Waals surface area contributed by atoms with Crippen molar-refractivity contribution < 1.29 is 9.90 Å². The summed E-state index contributed by atoms with van der Waals surface area (Å²) in [6.45, 7) is 3.85. The lowest BCUT2D eigenvalue weighted by Gasteiger charge is -2.09. The summed E-state index contributed by atoms with van der Waals surface area (Å²) in [7, 11) is 0. The van der Waals surface area contributed by atoms with Crippen LogP contribution in [0.4, 0.5) is 0 Å². The van der Waals surface area contributed by atoms with Crippen LogP contribution in [0.15, 0.2) is 36.4 Å². The highest BCUT2D eigenvalue weighted by molar-refractivity contribution is 6.43. The molecule has 0 bridgehead atoms. The predicted octanol–water partition coefficient (Wildman–Crippen LogP) is 5.24. The number of carboxylic acid groups (broad SMARTS) is 1. The van der Waals surface area contributed by atoms with E-state index in [0.29, 0.717) is 21.2 Å². The number of hydrogen-bond acceptors (Lipinski definition) is 1. The lowest BCUT2D eigenvalue weighted by Crippen LogP contribution is -2.02. The Morgan fingerprint density at radius 1 is 1.14 bits per heavy atom. The van der Waals surface area contributed by atoms with Gasteiger partial charge in [-0.25, -0.2) is 4.79 Å². The Morgan fingerprint density at radius 2 is 1.86 bits per heavy atom. The van der Waals surface area contributed by atoms with Crippen LogP contribution in [0.25, 0.3) is 11.6 Å². The molecule has 0 atom stereocenters. The van der Waals surface area contributed by atoms with E-state index in [1.54, 1.807) is 24.3 Å². The molecule has 2 nitrogen and oxygen atoms in total. The fourth-order valence-corrected chi connectivity index (χ4v) is 2.52. The quantitative estimate of drug-likeness (QED) is 0.620. The highest BCUT2D eigenvalue weighted by Crippen LogP contribution is 2.30. The number of benzene rings is 2. The molecule has 0 amide bonds. The van der Waals surface area contributed by atoms with Crippen molar-refractivity contribution in [3.63, 3.8) is 0 Å². The molecule has 0 unspecified atom stereocenters. The summed E-state index contributed by atoms with van der Waals surface area (Å²) in [5.74, 6) is -1.00. The van der Waals surface area contributed by atoms with E-state index >= 15 is 0 Å². The molecule has 0 radical (unpaired) electrons. The summed E-state index contributed by atoms with van der Waals surface area (Å²) in [6.07, 6.45) is 1.55. The van der Waals surface area contributed by atoms with E-state index in [0.717, 1.165) is 11.1 Å². The maximum absolute atomic E-state index is 11.6. The van der Waals surface area contributed by atoms with Gasteiger partial charge in [-0.2, -0.15) is 0 Å². The molecule has 0 heterocycles. The predicted molar refractivity (Wildman–Crippen MR) is 87.9 cm³/mol. The molecule has 0 aliphatic rings. The summed E-state index contributed by atoms with van der Waals surface area (Å²) in [4.78, 5) is 11.6. The van der Waals surface area contributed by atoms with Gasteiger partial charge in [0.25, 0.3) is 0 Å². The van der Waals surface area contributed by atoms with E-state index in [1.165, 1.54) is 0 Å². The van der Waals surface area contributed by atoms with Crippen LogP contribution in [0, 0.1) is 13.8 Å². The smallest absolute Gasteiger partial charge is 0.336 e. The SMILES string of the molecule is Cc1ccc(/C(=C/c2cccc(Cl)c2Cl)C(=O)O)c(C)c1. The molecular formula is C17H14Cl2O2. The van der Waals surface area contributed by atoms with Gasteiger partial charge in [-0.3, -0.25) is 0 Å². The van der Waals surface area contributed by atoms with Crippen LogP contribution in [0.2, 0.25) is 10.0 Å². The summed E-state index contributed by atoms with van der Waals surface area (Å²) in [5.41, 5.74) is 3.44. The number of halogens is 2. The van der Waals surface area contributed by atoms with E-state index < -0.39 is 5.97 Å². The molecule has 0 aromatic heterocycles. The molecule has 0 saturated carbocycles. The van der Waals surface area contributed by atoms with Gasteiger partial charge in [-0.05, 0) is 42.7 Å². The van der Waals surface area contributed by atoms with Gasteiger partial charge in [0, 0.05) is 0 Å². The Bertz CT molecular complexity index is 734. The largest absolute Gasteiger partial charge is 0.478 e. The van der Waals surface area contributed by atoms with Gasteiger partial charge >= 0.3 is 5.97 Å². The zero-order valence-electron chi connectivity index (χ0n) is 11.7. The zero-order valence-corrected chi connectivity index (χ0v) is 13.2. The van der Waals surface area contributed by atoms with Crippen LogP contribution < -0.4 is 0 Å². The van der Waals surface area contributed by atoms with E-state index in [4.69, 9.17) is 23.2 Å². The third-order valence-electron chi connectivity index (χ3n) is 3.18. The first-order valence-electron chi connectivity index (χ1n) is 6.37. The van der Waals surface area contributed by atoms with Crippen molar-refractivity contribution in [2.45, 2.75) is 13.8 Å². The first-order chi connectivity index (χ1) is 9.90. The normalized spacial score (nSPS) is 11.5. The topological polar surface area (TPSA) is 37.3 Å². The van der Waals surface area contributed by atoms with Crippen molar-refractivity contribution in [2.24, 2.45) is 0 Å². The van der Waals surface area contributed by atoms with Gasteiger partial charge < -0.3 is 5.11 Å². The van der Waals surface area contributed by atoms with E-state index in [1.807, 2.05) is 32.0 Å². The molecule has 4 heteroatoms. The van der Waals surface area contributed by atoms with E-state index in [2.05, 4.69) is 0 Å².